The normalized spacial score (nSPS) is 17.6. The minimum Gasteiger partial charge on any atom is -0.355 e. The number of amides is 1. The van der Waals surface area contributed by atoms with Gasteiger partial charge < -0.3 is 10.2 Å². The first kappa shape index (κ1) is 16.4. The number of halogens is 1. The van der Waals surface area contributed by atoms with Gasteiger partial charge in [0.2, 0.25) is 5.91 Å². The molecule has 1 amide bonds. The molecule has 0 radical (unpaired) electrons. The van der Waals surface area contributed by atoms with Crippen LogP contribution in [0, 0.1) is 11.7 Å². The lowest BCUT2D eigenvalue weighted by atomic mass is 10.0. The molecule has 1 unspecified atom stereocenters. The molecule has 6 heteroatoms. The number of hydrogen-bond acceptors (Lipinski definition) is 4. The third-order valence-corrected chi connectivity index (χ3v) is 4.15. The second-order valence-electron chi connectivity index (χ2n) is 6.33. The molecule has 0 saturated carbocycles. The van der Waals surface area contributed by atoms with Crippen LogP contribution in [0.3, 0.4) is 0 Å². The molecule has 2 aromatic rings. The average molecular weight is 328 g/mol. The molecule has 1 aliphatic heterocycles. The molecule has 1 atom stereocenters. The van der Waals surface area contributed by atoms with Crippen LogP contribution in [0.1, 0.15) is 25.3 Å². The second-order valence-corrected chi connectivity index (χ2v) is 6.33. The number of benzene rings is 1. The highest BCUT2D eigenvalue weighted by Crippen LogP contribution is 2.21. The maximum Gasteiger partial charge on any atom is 0.229 e. The Labute approximate surface area is 140 Å². The summed E-state index contributed by atoms with van der Waals surface area (Å²) in [5.74, 6) is 1.32. The lowest BCUT2D eigenvalue weighted by Gasteiger charge is -2.31. The molecular weight excluding hydrogens is 307 g/mol. The van der Waals surface area contributed by atoms with Gasteiger partial charge in [-0.15, -0.1) is 10.2 Å². The Morgan fingerprint density at radius 3 is 2.92 bits per heavy atom. The molecule has 126 valence electrons. The standard InChI is InChI=1S/C18H21FN4O/c1-13-4-3-9-23(12-13)17-8-7-16(21-22-17)20-18(24)11-14-5-2-6-15(19)10-14/h2,5-8,10,13H,3-4,9,11-12H2,1H3,(H,20,21,24). The van der Waals surface area contributed by atoms with Crippen molar-refractivity contribution in [2.75, 3.05) is 23.3 Å². The minimum atomic E-state index is -0.347. The fraction of sp³-hybridized carbons (Fsp3) is 0.389. The highest BCUT2D eigenvalue weighted by molar-refractivity contribution is 5.91. The molecule has 1 aromatic carbocycles. The van der Waals surface area contributed by atoms with Crippen molar-refractivity contribution in [2.24, 2.45) is 5.92 Å². The molecule has 5 nitrogen and oxygen atoms in total. The number of nitrogens with one attached hydrogen (secondary N) is 1. The van der Waals surface area contributed by atoms with Crippen LogP contribution in [0.5, 0.6) is 0 Å². The van der Waals surface area contributed by atoms with E-state index in [0.29, 0.717) is 17.3 Å². The number of carbonyl (C=O) groups excluding carboxylic acids is 1. The quantitative estimate of drug-likeness (QED) is 0.937. The number of rotatable bonds is 4. The first-order valence-corrected chi connectivity index (χ1v) is 8.23. The summed E-state index contributed by atoms with van der Waals surface area (Å²) in [6.45, 7) is 4.21. The van der Waals surface area contributed by atoms with Crippen molar-refractivity contribution in [3.63, 3.8) is 0 Å². The molecule has 1 saturated heterocycles. The van der Waals surface area contributed by atoms with Gasteiger partial charge in [-0.25, -0.2) is 4.39 Å². The summed E-state index contributed by atoms with van der Waals surface area (Å²) in [5, 5.41) is 11.0. The van der Waals surface area contributed by atoms with Crippen LogP contribution in [0.4, 0.5) is 16.0 Å². The van der Waals surface area contributed by atoms with E-state index in [1.54, 1.807) is 18.2 Å². The van der Waals surface area contributed by atoms with E-state index < -0.39 is 0 Å². The zero-order valence-corrected chi connectivity index (χ0v) is 13.7. The Morgan fingerprint density at radius 1 is 1.33 bits per heavy atom. The lowest BCUT2D eigenvalue weighted by Crippen LogP contribution is -2.34. The van der Waals surface area contributed by atoms with Crippen LogP contribution in [0.2, 0.25) is 0 Å². The van der Waals surface area contributed by atoms with Gasteiger partial charge in [-0.1, -0.05) is 19.1 Å². The van der Waals surface area contributed by atoms with Gasteiger partial charge in [0.25, 0.3) is 0 Å². The molecule has 0 spiro atoms. The van der Waals surface area contributed by atoms with Crippen molar-refractivity contribution in [2.45, 2.75) is 26.2 Å². The van der Waals surface area contributed by atoms with E-state index in [1.807, 2.05) is 6.07 Å². The number of piperidine rings is 1. The van der Waals surface area contributed by atoms with E-state index in [-0.39, 0.29) is 18.1 Å². The predicted molar refractivity (Wildman–Crippen MR) is 91.4 cm³/mol. The molecule has 0 aliphatic carbocycles. The molecular formula is C18H21FN4O. The molecule has 3 rings (SSSR count). The van der Waals surface area contributed by atoms with Gasteiger partial charge in [-0.2, -0.15) is 0 Å². The fourth-order valence-corrected chi connectivity index (χ4v) is 2.98. The molecule has 1 fully saturated rings. The molecule has 1 N–H and O–H groups in total. The van der Waals surface area contributed by atoms with E-state index >= 15 is 0 Å². The second kappa shape index (κ2) is 7.38. The number of anilines is 2. The molecule has 2 heterocycles. The van der Waals surface area contributed by atoms with Gasteiger partial charge >= 0.3 is 0 Å². The third kappa shape index (κ3) is 4.28. The van der Waals surface area contributed by atoms with Gasteiger partial charge in [0.1, 0.15) is 5.82 Å². The number of aromatic nitrogens is 2. The Morgan fingerprint density at radius 2 is 2.21 bits per heavy atom. The lowest BCUT2D eigenvalue weighted by molar-refractivity contribution is -0.115. The largest absolute Gasteiger partial charge is 0.355 e. The maximum atomic E-state index is 13.1. The molecule has 1 aromatic heterocycles. The summed E-state index contributed by atoms with van der Waals surface area (Å²) in [6, 6.07) is 9.65. The Bertz CT molecular complexity index is 704. The zero-order chi connectivity index (χ0) is 16.9. The van der Waals surface area contributed by atoms with E-state index in [4.69, 9.17) is 0 Å². The van der Waals surface area contributed by atoms with Crippen LogP contribution in [-0.2, 0) is 11.2 Å². The van der Waals surface area contributed by atoms with Gasteiger partial charge in [-0.3, -0.25) is 4.79 Å². The first-order valence-electron chi connectivity index (χ1n) is 8.23. The van der Waals surface area contributed by atoms with E-state index in [1.165, 1.54) is 18.6 Å². The van der Waals surface area contributed by atoms with Gasteiger partial charge in [0.05, 0.1) is 6.42 Å². The highest BCUT2D eigenvalue weighted by atomic mass is 19.1. The number of hydrogen-bond donors (Lipinski definition) is 1. The van der Waals surface area contributed by atoms with Crippen LogP contribution in [-0.4, -0.2) is 29.2 Å². The van der Waals surface area contributed by atoms with Gasteiger partial charge in [0.15, 0.2) is 11.6 Å². The van der Waals surface area contributed by atoms with E-state index in [9.17, 15) is 9.18 Å². The van der Waals surface area contributed by atoms with Gasteiger partial charge in [0, 0.05) is 13.1 Å². The van der Waals surface area contributed by atoms with Crippen molar-refractivity contribution in [1.82, 2.24) is 10.2 Å². The van der Waals surface area contributed by atoms with E-state index in [0.717, 1.165) is 25.3 Å². The van der Waals surface area contributed by atoms with E-state index in [2.05, 4.69) is 27.3 Å². The van der Waals surface area contributed by atoms with Crippen LogP contribution < -0.4 is 10.2 Å². The summed E-state index contributed by atoms with van der Waals surface area (Å²) in [4.78, 5) is 14.2. The first-order chi connectivity index (χ1) is 11.6. The van der Waals surface area contributed by atoms with Crippen LogP contribution >= 0.6 is 0 Å². The summed E-state index contributed by atoms with van der Waals surface area (Å²) in [5.41, 5.74) is 0.624. The van der Waals surface area contributed by atoms with Crippen molar-refractivity contribution >= 4 is 17.5 Å². The summed E-state index contributed by atoms with van der Waals surface area (Å²) < 4.78 is 13.1. The van der Waals surface area contributed by atoms with Crippen molar-refractivity contribution in [1.29, 1.82) is 0 Å². The highest BCUT2D eigenvalue weighted by Gasteiger charge is 2.18. The Hall–Kier alpha value is -2.50. The van der Waals surface area contributed by atoms with Crippen molar-refractivity contribution < 1.29 is 9.18 Å². The minimum absolute atomic E-state index is 0.102. The summed E-state index contributed by atoms with van der Waals surface area (Å²) >= 11 is 0. The molecule has 1 aliphatic rings. The Kier molecular flexibility index (Phi) is 5.03. The third-order valence-electron chi connectivity index (χ3n) is 4.15. The Balaban J connectivity index is 1.58. The SMILES string of the molecule is CC1CCCN(c2ccc(NC(=O)Cc3cccc(F)c3)nn2)C1. The summed E-state index contributed by atoms with van der Waals surface area (Å²) in [7, 11) is 0. The number of nitrogens with zero attached hydrogens (tertiary/aromatic N) is 3. The molecule has 0 bridgehead atoms. The van der Waals surface area contributed by atoms with Crippen LogP contribution in [0.25, 0.3) is 0 Å². The zero-order valence-electron chi connectivity index (χ0n) is 13.7. The monoisotopic (exact) mass is 328 g/mol. The molecule has 24 heavy (non-hydrogen) atoms. The summed E-state index contributed by atoms with van der Waals surface area (Å²) in [6.07, 6.45) is 2.51. The smallest absolute Gasteiger partial charge is 0.229 e. The fourth-order valence-electron chi connectivity index (χ4n) is 2.98. The predicted octanol–water partition coefficient (Wildman–Crippen LogP) is 3.03. The topological polar surface area (TPSA) is 58.1 Å². The van der Waals surface area contributed by atoms with Crippen molar-refractivity contribution in [3.05, 3.63) is 47.8 Å². The van der Waals surface area contributed by atoms with Gasteiger partial charge in [-0.05, 0) is 48.6 Å². The average Bonchev–Trinajstić information content (AvgIpc) is 2.55. The number of carbonyl (C=O) groups is 1. The van der Waals surface area contributed by atoms with Crippen molar-refractivity contribution in [3.8, 4) is 0 Å². The van der Waals surface area contributed by atoms with Crippen LogP contribution in [0.15, 0.2) is 36.4 Å². The maximum absolute atomic E-state index is 13.1.